The lowest BCUT2D eigenvalue weighted by atomic mass is 9.67. The monoisotopic (exact) mass is 560 g/mol. The molecule has 0 fully saturated rings. The van der Waals surface area contributed by atoms with Crippen LogP contribution in [0.4, 0.5) is 0 Å². The summed E-state index contributed by atoms with van der Waals surface area (Å²) in [6.45, 7) is 2.21. The Morgan fingerprint density at radius 2 is 0.682 bits per heavy atom. The Bertz CT molecular complexity index is 1990. The van der Waals surface area contributed by atoms with Crippen LogP contribution >= 0.6 is 0 Å². The maximum absolute atomic E-state index is 2.44. The summed E-state index contributed by atoms with van der Waals surface area (Å²) < 4.78 is 0. The fourth-order valence-electron chi connectivity index (χ4n) is 7.12. The van der Waals surface area contributed by atoms with Crippen molar-refractivity contribution in [2.75, 3.05) is 0 Å². The lowest BCUT2D eigenvalue weighted by Gasteiger charge is -2.34. The Kier molecular flexibility index (Phi) is 6.35. The van der Waals surface area contributed by atoms with Crippen molar-refractivity contribution in [3.05, 3.63) is 204 Å². The predicted molar refractivity (Wildman–Crippen MR) is 185 cm³/mol. The summed E-state index contributed by atoms with van der Waals surface area (Å²) in [5.41, 5.74) is 16.0. The van der Waals surface area contributed by atoms with E-state index in [-0.39, 0.29) is 0 Å². The maximum Gasteiger partial charge on any atom is 0.0713 e. The number of fused-ring (bicyclic) bond motifs is 3. The second-order valence-corrected chi connectivity index (χ2v) is 11.8. The normalized spacial score (nSPS) is 12.8. The van der Waals surface area contributed by atoms with Crippen molar-refractivity contribution in [2.24, 2.45) is 0 Å². The minimum absolute atomic E-state index is 0.466. The zero-order chi connectivity index (χ0) is 29.5. The molecule has 44 heavy (non-hydrogen) atoms. The molecular formula is C44H32. The van der Waals surface area contributed by atoms with Crippen molar-refractivity contribution in [1.82, 2.24) is 0 Å². The van der Waals surface area contributed by atoms with Crippen LogP contribution in [0.3, 0.4) is 0 Å². The van der Waals surface area contributed by atoms with E-state index in [1.165, 1.54) is 72.3 Å². The van der Waals surface area contributed by atoms with E-state index in [1.54, 1.807) is 0 Å². The molecule has 1 aliphatic rings. The molecule has 0 spiro atoms. The highest BCUT2D eigenvalue weighted by molar-refractivity contribution is 5.89. The largest absolute Gasteiger partial charge is 0.0713 e. The van der Waals surface area contributed by atoms with Crippen LogP contribution in [0.15, 0.2) is 176 Å². The van der Waals surface area contributed by atoms with E-state index in [4.69, 9.17) is 0 Å². The van der Waals surface area contributed by atoms with Gasteiger partial charge >= 0.3 is 0 Å². The first kappa shape index (κ1) is 26.2. The Labute approximate surface area is 259 Å². The quantitative estimate of drug-likeness (QED) is 0.196. The molecule has 0 nitrogen and oxygen atoms in total. The fourth-order valence-corrected chi connectivity index (χ4v) is 7.12. The Morgan fingerprint density at radius 3 is 1.16 bits per heavy atom. The van der Waals surface area contributed by atoms with E-state index in [0.29, 0.717) is 0 Å². The van der Waals surface area contributed by atoms with Crippen LogP contribution in [0.2, 0.25) is 0 Å². The molecule has 8 rings (SSSR count). The highest BCUT2D eigenvalue weighted by atomic mass is 14.5. The molecule has 0 radical (unpaired) electrons. The van der Waals surface area contributed by atoms with Crippen molar-refractivity contribution in [3.63, 3.8) is 0 Å². The zero-order valence-electron chi connectivity index (χ0n) is 24.7. The van der Waals surface area contributed by atoms with Gasteiger partial charge in [0.1, 0.15) is 0 Å². The SMILES string of the molecule is Cc1ccc2c(c1)C(c1ccc(-c3ccccc3)cc1)(c1ccc(-c3ccccc3)cc1)c1cc(-c3ccccc3)ccc1-2. The van der Waals surface area contributed by atoms with Crippen LogP contribution < -0.4 is 0 Å². The Morgan fingerprint density at radius 1 is 0.318 bits per heavy atom. The van der Waals surface area contributed by atoms with Gasteiger partial charge in [0.25, 0.3) is 0 Å². The van der Waals surface area contributed by atoms with Crippen LogP contribution in [0.25, 0.3) is 44.5 Å². The minimum atomic E-state index is -0.466. The first-order valence-corrected chi connectivity index (χ1v) is 15.4. The van der Waals surface area contributed by atoms with Crippen molar-refractivity contribution in [3.8, 4) is 44.5 Å². The zero-order valence-corrected chi connectivity index (χ0v) is 24.7. The van der Waals surface area contributed by atoms with Crippen molar-refractivity contribution in [1.29, 1.82) is 0 Å². The molecule has 0 saturated carbocycles. The van der Waals surface area contributed by atoms with E-state index in [9.17, 15) is 0 Å². The molecule has 0 bridgehead atoms. The third kappa shape index (κ3) is 4.22. The van der Waals surface area contributed by atoms with E-state index in [0.717, 1.165) is 0 Å². The van der Waals surface area contributed by atoms with Crippen LogP contribution in [-0.2, 0) is 5.41 Å². The van der Waals surface area contributed by atoms with Crippen LogP contribution in [0, 0.1) is 6.92 Å². The van der Waals surface area contributed by atoms with Gasteiger partial charge in [-0.15, -0.1) is 0 Å². The summed E-state index contributed by atoms with van der Waals surface area (Å²) in [7, 11) is 0. The first-order valence-electron chi connectivity index (χ1n) is 15.4. The summed E-state index contributed by atoms with van der Waals surface area (Å²) in [6.07, 6.45) is 0. The Balaban J connectivity index is 1.41. The summed E-state index contributed by atoms with van der Waals surface area (Å²) >= 11 is 0. The highest BCUT2D eigenvalue weighted by Gasteiger charge is 2.46. The van der Waals surface area contributed by atoms with Gasteiger partial charge in [-0.05, 0) is 79.8 Å². The van der Waals surface area contributed by atoms with Gasteiger partial charge in [-0.3, -0.25) is 0 Å². The fraction of sp³-hybridized carbons (Fsp3) is 0.0455. The molecule has 7 aromatic carbocycles. The smallest absolute Gasteiger partial charge is 0.0622 e. The van der Waals surface area contributed by atoms with E-state index in [2.05, 4.69) is 183 Å². The third-order valence-electron chi connectivity index (χ3n) is 9.25. The molecular weight excluding hydrogens is 528 g/mol. The number of aryl methyl sites for hydroxylation is 1. The lowest BCUT2D eigenvalue weighted by molar-refractivity contribution is 0.768. The van der Waals surface area contributed by atoms with Crippen molar-refractivity contribution >= 4 is 0 Å². The molecule has 7 aromatic rings. The molecule has 0 heterocycles. The molecule has 0 saturated heterocycles. The van der Waals surface area contributed by atoms with Crippen LogP contribution in [-0.4, -0.2) is 0 Å². The molecule has 0 amide bonds. The molecule has 0 atom stereocenters. The standard InChI is InChI=1S/C44H32/c1-31-17-27-40-41-28-22-37(34-15-9-4-10-16-34)30-43(41)44(42(40)29-31,38-23-18-35(19-24-38)32-11-5-2-6-12-32)39-25-20-36(21-26-39)33-13-7-3-8-14-33/h2-30H,1H3. The molecule has 1 aliphatic carbocycles. The minimum Gasteiger partial charge on any atom is -0.0622 e. The highest BCUT2D eigenvalue weighted by Crippen LogP contribution is 2.57. The van der Waals surface area contributed by atoms with Gasteiger partial charge in [0.05, 0.1) is 5.41 Å². The second-order valence-electron chi connectivity index (χ2n) is 11.8. The lowest BCUT2D eigenvalue weighted by Crippen LogP contribution is -2.28. The number of rotatable bonds is 5. The third-order valence-corrected chi connectivity index (χ3v) is 9.25. The molecule has 0 aliphatic heterocycles. The average Bonchev–Trinajstić information content (AvgIpc) is 3.39. The van der Waals surface area contributed by atoms with E-state index in [1.807, 2.05) is 0 Å². The number of benzene rings is 7. The average molecular weight is 561 g/mol. The van der Waals surface area contributed by atoms with Gasteiger partial charge in [-0.1, -0.05) is 175 Å². The number of hydrogen-bond acceptors (Lipinski definition) is 0. The van der Waals surface area contributed by atoms with Gasteiger partial charge < -0.3 is 0 Å². The molecule has 0 unspecified atom stereocenters. The maximum atomic E-state index is 2.44. The van der Waals surface area contributed by atoms with Crippen LogP contribution in [0.1, 0.15) is 27.8 Å². The van der Waals surface area contributed by atoms with E-state index >= 15 is 0 Å². The summed E-state index contributed by atoms with van der Waals surface area (Å²) in [5, 5.41) is 0. The first-order chi connectivity index (χ1) is 21.7. The predicted octanol–water partition coefficient (Wildman–Crippen LogP) is 11.4. The molecule has 0 heteroatoms. The Hall–Kier alpha value is -5.46. The van der Waals surface area contributed by atoms with E-state index < -0.39 is 5.41 Å². The molecule has 0 aromatic heterocycles. The summed E-state index contributed by atoms with van der Waals surface area (Å²) in [5.74, 6) is 0. The van der Waals surface area contributed by atoms with Crippen molar-refractivity contribution < 1.29 is 0 Å². The topological polar surface area (TPSA) is 0 Å². The number of hydrogen-bond donors (Lipinski definition) is 0. The van der Waals surface area contributed by atoms with Crippen molar-refractivity contribution in [2.45, 2.75) is 12.3 Å². The molecule has 208 valence electrons. The summed E-state index contributed by atoms with van der Waals surface area (Å²) in [4.78, 5) is 0. The summed E-state index contributed by atoms with van der Waals surface area (Å²) in [6, 6.07) is 64.7. The van der Waals surface area contributed by atoms with Crippen LogP contribution in [0.5, 0.6) is 0 Å². The van der Waals surface area contributed by atoms with Gasteiger partial charge in [-0.2, -0.15) is 0 Å². The van der Waals surface area contributed by atoms with Gasteiger partial charge in [-0.25, -0.2) is 0 Å². The van der Waals surface area contributed by atoms with Gasteiger partial charge in [0.2, 0.25) is 0 Å². The van der Waals surface area contributed by atoms with Gasteiger partial charge in [0, 0.05) is 0 Å². The molecule has 0 N–H and O–H groups in total. The second kappa shape index (κ2) is 10.7. The van der Waals surface area contributed by atoms with Gasteiger partial charge in [0.15, 0.2) is 0 Å².